The molecule has 2 aromatic carbocycles. The summed E-state index contributed by atoms with van der Waals surface area (Å²) in [6, 6.07) is 15.9. The highest BCUT2D eigenvalue weighted by molar-refractivity contribution is 5.90. The summed E-state index contributed by atoms with van der Waals surface area (Å²) in [5, 5.41) is 0. The molecule has 0 radical (unpaired) electrons. The summed E-state index contributed by atoms with van der Waals surface area (Å²) in [6.45, 7) is 3.92. The van der Waals surface area contributed by atoms with Crippen LogP contribution in [0.3, 0.4) is 0 Å². The summed E-state index contributed by atoms with van der Waals surface area (Å²) < 4.78 is 10.8. The number of ether oxygens (including phenoxy) is 2. The van der Waals surface area contributed by atoms with Crippen molar-refractivity contribution >= 4 is 5.97 Å². The Labute approximate surface area is 112 Å². The quantitative estimate of drug-likeness (QED) is 0.618. The van der Waals surface area contributed by atoms with E-state index >= 15 is 0 Å². The van der Waals surface area contributed by atoms with Crippen molar-refractivity contribution in [1.29, 1.82) is 0 Å². The van der Waals surface area contributed by atoms with Crippen LogP contribution in [0.25, 0.3) is 0 Å². The fourth-order valence-corrected chi connectivity index (χ4v) is 1.60. The van der Waals surface area contributed by atoms with Gasteiger partial charge in [0.1, 0.15) is 11.5 Å². The largest absolute Gasteiger partial charge is 0.491 e. The molecule has 3 nitrogen and oxygen atoms in total. The number of hydrogen-bond acceptors (Lipinski definition) is 3. The Hall–Kier alpha value is -2.29. The van der Waals surface area contributed by atoms with Crippen molar-refractivity contribution in [2.45, 2.75) is 20.0 Å². The number of carbonyl (C=O) groups is 1. The molecule has 0 aliphatic carbocycles. The summed E-state index contributed by atoms with van der Waals surface area (Å²) in [6.07, 6.45) is 0.123. The van der Waals surface area contributed by atoms with Gasteiger partial charge in [-0.15, -0.1) is 0 Å². The third-order valence-electron chi connectivity index (χ3n) is 2.42. The smallest absolute Gasteiger partial charge is 0.343 e. The second-order valence-electron chi connectivity index (χ2n) is 4.39. The lowest BCUT2D eigenvalue weighted by atomic mass is 10.2. The van der Waals surface area contributed by atoms with Crippen LogP contribution in [-0.4, -0.2) is 12.1 Å². The molecular weight excluding hydrogens is 240 g/mol. The fraction of sp³-hybridized carbons (Fsp3) is 0.188. The molecule has 0 unspecified atom stereocenters. The van der Waals surface area contributed by atoms with E-state index in [-0.39, 0.29) is 12.1 Å². The van der Waals surface area contributed by atoms with Crippen LogP contribution in [0.2, 0.25) is 0 Å². The maximum Gasteiger partial charge on any atom is 0.343 e. The summed E-state index contributed by atoms with van der Waals surface area (Å²) in [4.78, 5) is 11.8. The first-order valence-corrected chi connectivity index (χ1v) is 6.19. The highest BCUT2D eigenvalue weighted by Gasteiger charge is 2.07. The Balaban J connectivity index is 2.02. The number of hydrogen-bond donors (Lipinski definition) is 0. The molecule has 0 aromatic heterocycles. The Morgan fingerprint density at radius 3 is 2.05 bits per heavy atom. The maximum atomic E-state index is 11.8. The Kier molecular flexibility index (Phi) is 4.18. The van der Waals surface area contributed by atoms with Crippen LogP contribution in [-0.2, 0) is 0 Å². The third kappa shape index (κ3) is 3.85. The van der Waals surface area contributed by atoms with Gasteiger partial charge in [-0.05, 0) is 50.2 Å². The van der Waals surface area contributed by atoms with Crippen LogP contribution in [0.1, 0.15) is 24.2 Å². The minimum atomic E-state index is -0.363. The monoisotopic (exact) mass is 256 g/mol. The van der Waals surface area contributed by atoms with E-state index in [0.29, 0.717) is 11.3 Å². The van der Waals surface area contributed by atoms with E-state index in [1.807, 2.05) is 19.9 Å². The Bertz CT molecular complexity index is 530. The summed E-state index contributed by atoms with van der Waals surface area (Å²) in [7, 11) is 0. The van der Waals surface area contributed by atoms with Gasteiger partial charge < -0.3 is 9.47 Å². The average Bonchev–Trinajstić information content (AvgIpc) is 2.41. The molecule has 2 aromatic rings. The molecule has 0 N–H and O–H groups in total. The van der Waals surface area contributed by atoms with E-state index in [2.05, 4.69) is 0 Å². The summed E-state index contributed by atoms with van der Waals surface area (Å²) >= 11 is 0. The van der Waals surface area contributed by atoms with Gasteiger partial charge in [0, 0.05) is 0 Å². The minimum absolute atomic E-state index is 0.123. The molecule has 0 amide bonds. The van der Waals surface area contributed by atoms with Gasteiger partial charge in [0.2, 0.25) is 0 Å². The second kappa shape index (κ2) is 6.05. The van der Waals surface area contributed by atoms with E-state index in [1.165, 1.54) is 0 Å². The second-order valence-corrected chi connectivity index (χ2v) is 4.39. The molecule has 19 heavy (non-hydrogen) atoms. The summed E-state index contributed by atoms with van der Waals surface area (Å²) in [5.74, 6) is 0.901. The summed E-state index contributed by atoms with van der Waals surface area (Å²) in [5.41, 5.74) is 0.532. The third-order valence-corrected chi connectivity index (χ3v) is 2.42. The van der Waals surface area contributed by atoms with Crippen molar-refractivity contribution in [3.8, 4) is 11.5 Å². The van der Waals surface area contributed by atoms with Crippen LogP contribution in [0, 0.1) is 0 Å². The van der Waals surface area contributed by atoms with Gasteiger partial charge in [0.25, 0.3) is 0 Å². The number of esters is 1. The molecule has 0 saturated heterocycles. The fourth-order valence-electron chi connectivity index (χ4n) is 1.60. The van der Waals surface area contributed by atoms with E-state index in [0.717, 1.165) is 5.75 Å². The molecule has 98 valence electrons. The van der Waals surface area contributed by atoms with E-state index < -0.39 is 0 Å². The van der Waals surface area contributed by atoms with Crippen LogP contribution in [0.4, 0.5) is 0 Å². The lowest BCUT2D eigenvalue weighted by molar-refractivity contribution is 0.0734. The lowest BCUT2D eigenvalue weighted by Crippen LogP contribution is -2.08. The van der Waals surface area contributed by atoms with Gasteiger partial charge in [0.15, 0.2) is 0 Å². The zero-order valence-corrected chi connectivity index (χ0v) is 11.0. The molecule has 0 spiro atoms. The number of carbonyl (C=O) groups excluding carboxylic acids is 1. The first kappa shape index (κ1) is 13.1. The molecule has 0 bridgehead atoms. The van der Waals surface area contributed by atoms with Gasteiger partial charge in [-0.1, -0.05) is 18.2 Å². The molecule has 0 aliphatic rings. The molecular formula is C16H16O3. The van der Waals surface area contributed by atoms with E-state index in [9.17, 15) is 4.79 Å². The SMILES string of the molecule is CC(C)Oc1ccc(OC(=O)c2ccccc2)cc1. The van der Waals surface area contributed by atoms with Crippen LogP contribution in [0.5, 0.6) is 11.5 Å². The van der Waals surface area contributed by atoms with Crippen LogP contribution < -0.4 is 9.47 Å². The van der Waals surface area contributed by atoms with E-state index in [4.69, 9.17) is 9.47 Å². The Morgan fingerprint density at radius 2 is 1.47 bits per heavy atom. The highest BCUT2D eigenvalue weighted by Crippen LogP contribution is 2.19. The van der Waals surface area contributed by atoms with E-state index in [1.54, 1.807) is 48.5 Å². The van der Waals surface area contributed by atoms with Crippen LogP contribution in [0.15, 0.2) is 54.6 Å². The normalized spacial score (nSPS) is 10.3. The van der Waals surface area contributed by atoms with Gasteiger partial charge in [-0.2, -0.15) is 0 Å². The number of rotatable bonds is 4. The molecule has 0 atom stereocenters. The number of benzene rings is 2. The molecule has 0 saturated carbocycles. The van der Waals surface area contributed by atoms with Crippen molar-refractivity contribution in [2.75, 3.05) is 0 Å². The van der Waals surface area contributed by atoms with Crippen molar-refractivity contribution in [1.82, 2.24) is 0 Å². The lowest BCUT2D eigenvalue weighted by Gasteiger charge is -2.10. The first-order chi connectivity index (χ1) is 9.15. The van der Waals surface area contributed by atoms with Crippen molar-refractivity contribution in [3.05, 3.63) is 60.2 Å². The zero-order valence-electron chi connectivity index (χ0n) is 11.0. The van der Waals surface area contributed by atoms with Crippen molar-refractivity contribution in [2.24, 2.45) is 0 Å². The van der Waals surface area contributed by atoms with Gasteiger partial charge in [0.05, 0.1) is 11.7 Å². The zero-order chi connectivity index (χ0) is 13.7. The molecule has 3 heteroatoms. The average molecular weight is 256 g/mol. The maximum absolute atomic E-state index is 11.8. The van der Waals surface area contributed by atoms with Gasteiger partial charge in [-0.3, -0.25) is 0 Å². The molecule has 0 heterocycles. The highest BCUT2D eigenvalue weighted by atomic mass is 16.5. The van der Waals surface area contributed by atoms with Gasteiger partial charge in [-0.25, -0.2) is 4.79 Å². The van der Waals surface area contributed by atoms with Crippen LogP contribution >= 0.6 is 0 Å². The van der Waals surface area contributed by atoms with Crippen molar-refractivity contribution in [3.63, 3.8) is 0 Å². The standard InChI is InChI=1S/C16H16O3/c1-12(2)18-14-8-10-15(11-9-14)19-16(17)13-6-4-3-5-7-13/h3-12H,1-2H3. The Morgan fingerprint density at radius 1 is 0.895 bits per heavy atom. The molecule has 0 fully saturated rings. The minimum Gasteiger partial charge on any atom is -0.491 e. The van der Waals surface area contributed by atoms with Gasteiger partial charge >= 0.3 is 5.97 Å². The van der Waals surface area contributed by atoms with Crippen molar-refractivity contribution < 1.29 is 14.3 Å². The predicted octanol–water partition coefficient (Wildman–Crippen LogP) is 3.69. The molecule has 2 rings (SSSR count). The topological polar surface area (TPSA) is 35.5 Å². The molecule has 0 aliphatic heterocycles. The predicted molar refractivity (Wildman–Crippen MR) is 73.6 cm³/mol. The first-order valence-electron chi connectivity index (χ1n) is 6.19.